The van der Waals surface area contributed by atoms with Gasteiger partial charge in [0.15, 0.2) is 0 Å². The Bertz CT molecular complexity index is 327. The number of anilines is 2. The summed E-state index contributed by atoms with van der Waals surface area (Å²) in [4.78, 5) is 8.20. The van der Waals surface area contributed by atoms with Crippen LogP contribution in [0.25, 0.3) is 0 Å². The van der Waals surface area contributed by atoms with Crippen molar-refractivity contribution < 1.29 is 4.74 Å². The molecule has 0 saturated carbocycles. The minimum atomic E-state index is 0.376. The van der Waals surface area contributed by atoms with E-state index >= 15 is 0 Å². The van der Waals surface area contributed by atoms with Crippen LogP contribution in [-0.2, 0) is 4.74 Å². The van der Waals surface area contributed by atoms with Gasteiger partial charge in [-0.05, 0) is 12.8 Å². The fourth-order valence-corrected chi connectivity index (χ4v) is 2.03. The van der Waals surface area contributed by atoms with E-state index in [4.69, 9.17) is 10.5 Å². The summed E-state index contributed by atoms with van der Waals surface area (Å²) < 4.78 is 5.62. The Morgan fingerprint density at radius 3 is 2.94 bits per heavy atom. The maximum atomic E-state index is 5.62. The van der Waals surface area contributed by atoms with E-state index in [-0.39, 0.29) is 0 Å². The lowest BCUT2D eigenvalue weighted by atomic mass is 10.00. The molecule has 1 aliphatic rings. The van der Waals surface area contributed by atoms with Crippen molar-refractivity contribution in [2.24, 2.45) is 5.92 Å². The molecule has 0 radical (unpaired) electrons. The molecule has 1 fully saturated rings. The van der Waals surface area contributed by atoms with Crippen LogP contribution in [0.1, 0.15) is 19.8 Å². The maximum absolute atomic E-state index is 5.62. The lowest BCUT2D eigenvalue weighted by Crippen LogP contribution is -2.23. The Morgan fingerprint density at radius 2 is 2.25 bits per heavy atom. The molecule has 0 spiro atoms. The maximum Gasteiger partial charge on any atom is 0.222 e. The Morgan fingerprint density at radius 1 is 1.50 bits per heavy atom. The predicted octanol–water partition coefficient (Wildman–Crippen LogP) is 1.29. The van der Waals surface area contributed by atoms with E-state index in [1.54, 1.807) is 12.4 Å². The van der Waals surface area contributed by atoms with Crippen molar-refractivity contribution in [1.29, 1.82) is 0 Å². The molecule has 1 aliphatic heterocycles. The Kier molecular flexibility index (Phi) is 3.56. The van der Waals surface area contributed by atoms with Gasteiger partial charge in [0.25, 0.3) is 0 Å². The Hall–Kier alpha value is -1.36. The normalized spacial score (nSPS) is 24.6. The summed E-state index contributed by atoms with van der Waals surface area (Å²) in [5, 5.41) is 3.22. The van der Waals surface area contributed by atoms with Crippen molar-refractivity contribution in [3.05, 3.63) is 12.4 Å². The first kappa shape index (κ1) is 11.1. The molecule has 0 aliphatic carbocycles. The topological polar surface area (TPSA) is 73.1 Å². The molecule has 88 valence electrons. The number of aromatic nitrogens is 2. The highest BCUT2D eigenvalue weighted by Crippen LogP contribution is 2.23. The fourth-order valence-electron chi connectivity index (χ4n) is 2.03. The van der Waals surface area contributed by atoms with Gasteiger partial charge in [-0.15, -0.1) is 0 Å². The largest absolute Gasteiger partial charge is 0.396 e. The number of nitrogens with one attached hydrogen (secondary N) is 1. The number of nitrogens with two attached hydrogens (primary N) is 1. The number of hydrogen-bond acceptors (Lipinski definition) is 5. The second-order valence-corrected chi connectivity index (χ2v) is 4.09. The zero-order valence-corrected chi connectivity index (χ0v) is 9.52. The van der Waals surface area contributed by atoms with Crippen LogP contribution in [0.2, 0.25) is 0 Å². The van der Waals surface area contributed by atoms with Gasteiger partial charge in [-0.25, -0.2) is 9.97 Å². The third-order valence-corrected chi connectivity index (χ3v) is 2.94. The van der Waals surface area contributed by atoms with Crippen LogP contribution in [0.4, 0.5) is 11.6 Å². The quantitative estimate of drug-likeness (QED) is 0.803. The molecule has 3 N–H and O–H groups in total. The first-order valence-corrected chi connectivity index (χ1v) is 5.72. The van der Waals surface area contributed by atoms with Crippen molar-refractivity contribution in [2.45, 2.75) is 25.9 Å². The van der Waals surface area contributed by atoms with Gasteiger partial charge in [0.2, 0.25) is 5.95 Å². The van der Waals surface area contributed by atoms with E-state index < -0.39 is 0 Å². The average molecular weight is 222 g/mol. The lowest BCUT2D eigenvalue weighted by molar-refractivity contribution is 0.0900. The second kappa shape index (κ2) is 5.12. The zero-order chi connectivity index (χ0) is 11.4. The third kappa shape index (κ3) is 2.61. The first-order chi connectivity index (χ1) is 7.79. The van der Waals surface area contributed by atoms with Crippen LogP contribution in [0.5, 0.6) is 0 Å². The molecule has 2 unspecified atom stereocenters. The summed E-state index contributed by atoms with van der Waals surface area (Å²) >= 11 is 0. The van der Waals surface area contributed by atoms with Crippen molar-refractivity contribution in [1.82, 2.24) is 9.97 Å². The molecular formula is C11H18N4O. The number of nitrogen functional groups attached to an aromatic ring is 1. The molecule has 16 heavy (non-hydrogen) atoms. The molecule has 2 heterocycles. The van der Waals surface area contributed by atoms with Gasteiger partial charge in [0.05, 0.1) is 24.2 Å². The standard InChI is InChI=1S/C11H18N4O/c1-2-10-8(3-4-16-10)5-13-11-14-6-9(12)7-15-11/h6-8,10H,2-5,12H2,1H3,(H,13,14,15). The molecule has 5 nitrogen and oxygen atoms in total. The summed E-state index contributed by atoms with van der Waals surface area (Å²) in [7, 11) is 0. The van der Waals surface area contributed by atoms with Gasteiger partial charge < -0.3 is 15.8 Å². The van der Waals surface area contributed by atoms with Crippen LogP contribution < -0.4 is 11.1 Å². The van der Waals surface area contributed by atoms with E-state index in [0.717, 1.165) is 26.0 Å². The highest BCUT2D eigenvalue weighted by molar-refractivity contribution is 5.35. The summed E-state index contributed by atoms with van der Waals surface area (Å²) in [5.74, 6) is 1.20. The molecule has 1 saturated heterocycles. The molecule has 2 rings (SSSR count). The highest BCUT2D eigenvalue weighted by atomic mass is 16.5. The minimum Gasteiger partial charge on any atom is -0.396 e. The predicted molar refractivity (Wildman–Crippen MR) is 63.1 cm³/mol. The number of nitrogens with zero attached hydrogens (tertiary/aromatic N) is 2. The van der Waals surface area contributed by atoms with Crippen LogP contribution in [0, 0.1) is 5.92 Å². The molecule has 5 heteroatoms. The van der Waals surface area contributed by atoms with Crippen molar-refractivity contribution >= 4 is 11.6 Å². The van der Waals surface area contributed by atoms with E-state index in [1.165, 1.54) is 0 Å². The molecule has 2 atom stereocenters. The second-order valence-electron chi connectivity index (χ2n) is 4.09. The first-order valence-electron chi connectivity index (χ1n) is 5.72. The Balaban J connectivity index is 1.85. The minimum absolute atomic E-state index is 0.376. The number of ether oxygens (including phenoxy) is 1. The number of hydrogen-bond donors (Lipinski definition) is 2. The molecule has 1 aromatic rings. The van der Waals surface area contributed by atoms with Gasteiger partial charge in [-0.1, -0.05) is 6.92 Å². The molecule has 1 aromatic heterocycles. The average Bonchev–Trinajstić information content (AvgIpc) is 2.76. The molecule has 0 amide bonds. The van der Waals surface area contributed by atoms with E-state index in [1.807, 2.05) is 0 Å². The van der Waals surface area contributed by atoms with Crippen LogP contribution in [0.3, 0.4) is 0 Å². The van der Waals surface area contributed by atoms with Gasteiger partial charge in [0, 0.05) is 19.1 Å². The number of rotatable bonds is 4. The van der Waals surface area contributed by atoms with E-state index in [2.05, 4.69) is 22.2 Å². The van der Waals surface area contributed by atoms with E-state index in [9.17, 15) is 0 Å². The summed E-state index contributed by atoms with van der Waals surface area (Å²) in [6.07, 6.45) is 5.77. The smallest absolute Gasteiger partial charge is 0.222 e. The van der Waals surface area contributed by atoms with Gasteiger partial charge in [-0.3, -0.25) is 0 Å². The molecule has 0 aromatic carbocycles. The van der Waals surface area contributed by atoms with Gasteiger partial charge in [-0.2, -0.15) is 0 Å². The van der Waals surface area contributed by atoms with Crippen molar-refractivity contribution in [2.75, 3.05) is 24.2 Å². The summed E-state index contributed by atoms with van der Waals surface area (Å²) in [5.41, 5.74) is 6.10. The monoisotopic (exact) mass is 222 g/mol. The van der Waals surface area contributed by atoms with Crippen LogP contribution in [0.15, 0.2) is 12.4 Å². The van der Waals surface area contributed by atoms with Gasteiger partial charge >= 0.3 is 0 Å². The van der Waals surface area contributed by atoms with Crippen LogP contribution in [-0.4, -0.2) is 29.2 Å². The van der Waals surface area contributed by atoms with Crippen LogP contribution >= 0.6 is 0 Å². The zero-order valence-electron chi connectivity index (χ0n) is 9.52. The summed E-state index contributed by atoms with van der Waals surface area (Å²) in [6.45, 7) is 3.89. The molecular weight excluding hydrogens is 204 g/mol. The SMILES string of the molecule is CCC1OCCC1CNc1ncc(N)cn1. The third-order valence-electron chi connectivity index (χ3n) is 2.94. The molecule has 0 bridgehead atoms. The van der Waals surface area contributed by atoms with Gasteiger partial charge in [0.1, 0.15) is 0 Å². The Labute approximate surface area is 95.4 Å². The van der Waals surface area contributed by atoms with E-state index in [0.29, 0.717) is 23.7 Å². The lowest BCUT2D eigenvalue weighted by Gasteiger charge is -2.16. The highest BCUT2D eigenvalue weighted by Gasteiger charge is 2.26. The fraction of sp³-hybridized carbons (Fsp3) is 0.636. The summed E-state index contributed by atoms with van der Waals surface area (Å²) in [6, 6.07) is 0. The van der Waals surface area contributed by atoms with Crippen molar-refractivity contribution in [3.8, 4) is 0 Å². The van der Waals surface area contributed by atoms with Crippen molar-refractivity contribution in [3.63, 3.8) is 0 Å².